The first-order chi connectivity index (χ1) is 16.4. The minimum Gasteiger partial charge on any atom is -0.349 e. The molecule has 0 bridgehead atoms. The minimum absolute atomic E-state index is 0.112. The summed E-state index contributed by atoms with van der Waals surface area (Å²) in [6.45, 7) is 3.95. The fourth-order valence-corrected chi connectivity index (χ4v) is 4.94. The number of carbonyl (C=O) groups is 1. The van der Waals surface area contributed by atoms with Crippen molar-refractivity contribution in [3.63, 3.8) is 0 Å². The summed E-state index contributed by atoms with van der Waals surface area (Å²) in [7, 11) is 0. The van der Waals surface area contributed by atoms with Gasteiger partial charge in [0, 0.05) is 21.1 Å². The van der Waals surface area contributed by atoms with Crippen LogP contribution < -0.4 is 10.9 Å². The molecule has 0 spiro atoms. The molecule has 2 N–H and O–H groups in total. The Morgan fingerprint density at radius 3 is 2.65 bits per heavy atom. The highest BCUT2D eigenvalue weighted by Gasteiger charge is 2.19. The zero-order valence-electron chi connectivity index (χ0n) is 18.6. The van der Waals surface area contributed by atoms with Gasteiger partial charge < -0.3 is 10.3 Å². The van der Waals surface area contributed by atoms with E-state index in [9.17, 15) is 9.59 Å². The number of carbonyl (C=O) groups excluding carboxylic acids is 1. The Kier molecular flexibility index (Phi) is 6.02. The number of fused-ring (bicyclic) bond motifs is 3. The van der Waals surface area contributed by atoms with Gasteiger partial charge in [0.1, 0.15) is 11.0 Å². The molecule has 6 nitrogen and oxygen atoms in total. The number of para-hydroxylation sites is 1. The van der Waals surface area contributed by atoms with Crippen molar-refractivity contribution in [2.24, 2.45) is 0 Å². The number of nitrogens with zero attached hydrogens (tertiary/aromatic N) is 2. The smallest absolute Gasteiger partial charge is 0.283 e. The average Bonchev–Trinajstić information content (AvgIpc) is 3.20. The van der Waals surface area contributed by atoms with Gasteiger partial charge in [0.05, 0.1) is 11.4 Å². The van der Waals surface area contributed by atoms with Gasteiger partial charge in [0.2, 0.25) is 5.91 Å². The molecule has 5 rings (SSSR count). The van der Waals surface area contributed by atoms with Crippen molar-refractivity contribution >= 4 is 61.2 Å². The summed E-state index contributed by atoms with van der Waals surface area (Å²) < 4.78 is 2.55. The number of aromatic amines is 1. The lowest BCUT2D eigenvalue weighted by Gasteiger charge is -2.15. The van der Waals surface area contributed by atoms with Crippen LogP contribution in [0.15, 0.2) is 81.2 Å². The quantitative estimate of drug-likeness (QED) is 0.215. The molecular formula is C26H21BrN4O2S. The summed E-state index contributed by atoms with van der Waals surface area (Å²) in [4.78, 5) is 34.5. The Morgan fingerprint density at radius 1 is 1.09 bits per heavy atom. The van der Waals surface area contributed by atoms with Crippen molar-refractivity contribution in [3.05, 3.63) is 92.7 Å². The van der Waals surface area contributed by atoms with Gasteiger partial charge in [-0.15, -0.1) is 0 Å². The Balaban J connectivity index is 1.59. The number of anilines is 1. The maximum atomic E-state index is 13.7. The molecule has 2 heterocycles. The molecule has 0 radical (unpaired) electrons. The SMILES string of the molecule is Cc1ccc(C)c(-n2c(SCC(=O)Nc3ccc(Br)cc3)nc3c([nH]c4ccccc43)c2=O)c1. The van der Waals surface area contributed by atoms with Crippen LogP contribution in [0.5, 0.6) is 0 Å². The van der Waals surface area contributed by atoms with E-state index >= 15 is 0 Å². The fraction of sp³-hybridized carbons (Fsp3) is 0.115. The second kappa shape index (κ2) is 9.12. The van der Waals surface area contributed by atoms with E-state index < -0.39 is 0 Å². The number of amides is 1. The topological polar surface area (TPSA) is 79.8 Å². The summed E-state index contributed by atoms with van der Waals surface area (Å²) >= 11 is 4.64. The molecule has 3 aromatic carbocycles. The Bertz CT molecular complexity index is 1610. The first kappa shape index (κ1) is 22.4. The van der Waals surface area contributed by atoms with Gasteiger partial charge in [-0.3, -0.25) is 14.2 Å². The molecule has 0 fully saturated rings. The lowest BCUT2D eigenvalue weighted by molar-refractivity contribution is -0.113. The van der Waals surface area contributed by atoms with Crippen LogP contribution in [0.1, 0.15) is 11.1 Å². The number of hydrogen-bond donors (Lipinski definition) is 2. The maximum absolute atomic E-state index is 13.7. The summed E-state index contributed by atoms with van der Waals surface area (Å²) in [5, 5.41) is 4.25. The normalized spacial score (nSPS) is 11.3. The van der Waals surface area contributed by atoms with Gasteiger partial charge in [-0.05, 0) is 61.4 Å². The monoisotopic (exact) mass is 532 g/mol. The molecule has 5 aromatic rings. The molecule has 1 amide bonds. The molecule has 170 valence electrons. The van der Waals surface area contributed by atoms with Gasteiger partial charge in [0.25, 0.3) is 5.56 Å². The van der Waals surface area contributed by atoms with Crippen molar-refractivity contribution in [1.29, 1.82) is 0 Å². The second-order valence-corrected chi connectivity index (χ2v) is 9.92. The van der Waals surface area contributed by atoms with E-state index in [-0.39, 0.29) is 17.2 Å². The number of halogens is 1. The van der Waals surface area contributed by atoms with Crippen molar-refractivity contribution in [2.45, 2.75) is 19.0 Å². The highest BCUT2D eigenvalue weighted by atomic mass is 79.9. The highest BCUT2D eigenvalue weighted by Crippen LogP contribution is 2.28. The van der Waals surface area contributed by atoms with Gasteiger partial charge in [-0.1, -0.05) is 58.0 Å². The Labute approximate surface area is 208 Å². The molecule has 0 aliphatic heterocycles. The minimum atomic E-state index is -0.189. The van der Waals surface area contributed by atoms with Gasteiger partial charge in [0.15, 0.2) is 5.16 Å². The van der Waals surface area contributed by atoms with Crippen LogP contribution in [0.25, 0.3) is 27.6 Å². The number of rotatable bonds is 5. The van der Waals surface area contributed by atoms with E-state index in [2.05, 4.69) is 26.2 Å². The van der Waals surface area contributed by atoms with Crippen LogP contribution >= 0.6 is 27.7 Å². The van der Waals surface area contributed by atoms with Crippen LogP contribution in [0.2, 0.25) is 0 Å². The number of hydrogen-bond acceptors (Lipinski definition) is 4. The third-order valence-electron chi connectivity index (χ3n) is 5.56. The number of aryl methyl sites for hydroxylation is 2. The molecule has 0 aliphatic carbocycles. The van der Waals surface area contributed by atoms with Crippen molar-refractivity contribution < 1.29 is 4.79 Å². The number of aromatic nitrogens is 3. The Hall–Kier alpha value is -3.36. The van der Waals surface area contributed by atoms with Crippen molar-refractivity contribution in [3.8, 4) is 5.69 Å². The lowest BCUT2D eigenvalue weighted by Crippen LogP contribution is -2.23. The zero-order valence-corrected chi connectivity index (χ0v) is 21.0. The van der Waals surface area contributed by atoms with E-state index in [4.69, 9.17) is 4.98 Å². The van der Waals surface area contributed by atoms with Crippen molar-refractivity contribution in [2.75, 3.05) is 11.1 Å². The van der Waals surface area contributed by atoms with Crippen LogP contribution in [-0.4, -0.2) is 26.2 Å². The number of H-pyrrole nitrogens is 1. The van der Waals surface area contributed by atoms with E-state index in [0.29, 0.717) is 21.9 Å². The lowest BCUT2D eigenvalue weighted by atomic mass is 10.1. The summed E-state index contributed by atoms with van der Waals surface area (Å²) in [5.41, 5.74) is 5.17. The molecule has 2 aromatic heterocycles. The number of thioether (sulfide) groups is 1. The van der Waals surface area contributed by atoms with E-state index in [1.807, 2.05) is 80.6 Å². The molecule has 0 aliphatic rings. The van der Waals surface area contributed by atoms with E-state index in [0.717, 1.165) is 32.2 Å². The first-order valence-electron chi connectivity index (χ1n) is 10.7. The zero-order chi connectivity index (χ0) is 23.8. The molecule has 0 unspecified atom stereocenters. The Morgan fingerprint density at radius 2 is 1.85 bits per heavy atom. The van der Waals surface area contributed by atoms with E-state index in [1.54, 1.807) is 4.57 Å². The van der Waals surface area contributed by atoms with Crippen LogP contribution in [0, 0.1) is 13.8 Å². The second-order valence-electron chi connectivity index (χ2n) is 8.06. The first-order valence-corrected chi connectivity index (χ1v) is 12.5. The standard InChI is InChI=1S/C26H21BrN4O2S/c1-15-7-8-16(2)21(13-15)31-25(33)24-23(19-5-3-4-6-20(19)29-24)30-26(31)34-14-22(32)28-18-11-9-17(27)10-12-18/h3-13,29H,14H2,1-2H3,(H,28,32). The molecule has 34 heavy (non-hydrogen) atoms. The summed E-state index contributed by atoms with van der Waals surface area (Å²) in [5.74, 6) is -0.0607. The predicted molar refractivity (Wildman–Crippen MR) is 142 cm³/mol. The third-order valence-corrected chi connectivity index (χ3v) is 7.03. The molecule has 0 saturated carbocycles. The van der Waals surface area contributed by atoms with Crippen LogP contribution in [-0.2, 0) is 4.79 Å². The highest BCUT2D eigenvalue weighted by molar-refractivity contribution is 9.10. The molecular weight excluding hydrogens is 512 g/mol. The average molecular weight is 533 g/mol. The largest absolute Gasteiger partial charge is 0.349 e. The van der Waals surface area contributed by atoms with E-state index in [1.165, 1.54) is 11.8 Å². The fourth-order valence-electron chi connectivity index (χ4n) is 3.87. The number of nitrogens with one attached hydrogen (secondary N) is 2. The van der Waals surface area contributed by atoms with Crippen molar-refractivity contribution in [1.82, 2.24) is 14.5 Å². The number of benzene rings is 3. The maximum Gasteiger partial charge on any atom is 0.283 e. The van der Waals surface area contributed by atoms with Crippen LogP contribution in [0.4, 0.5) is 5.69 Å². The predicted octanol–water partition coefficient (Wildman–Crippen LogP) is 5.98. The van der Waals surface area contributed by atoms with Crippen LogP contribution in [0.3, 0.4) is 0 Å². The molecule has 0 atom stereocenters. The van der Waals surface area contributed by atoms with Gasteiger partial charge in [-0.2, -0.15) is 0 Å². The van der Waals surface area contributed by atoms with Gasteiger partial charge in [-0.25, -0.2) is 4.98 Å². The summed E-state index contributed by atoms with van der Waals surface area (Å²) in [6, 6.07) is 21.1. The third kappa shape index (κ3) is 4.26. The summed E-state index contributed by atoms with van der Waals surface area (Å²) in [6.07, 6.45) is 0. The molecule has 8 heteroatoms. The molecule has 0 saturated heterocycles. The van der Waals surface area contributed by atoms with Gasteiger partial charge >= 0.3 is 0 Å².